The smallest absolute Gasteiger partial charge is 0.411 e. The van der Waals surface area contributed by atoms with Gasteiger partial charge < -0.3 is 15.2 Å². The number of nitrogens with one attached hydrogen (secondary N) is 2. The lowest BCUT2D eigenvalue weighted by Gasteiger charge is -2.27. The second-order valence-electron chi connectivity index (χ2n) is 6.51. The van der Waals surface area contributed by atoms with Crippen molar-refractivity contribution in [1.29, 1.82) is 0 Å². The Balaban J connectivity index is 1.94. The number of hydrogen-bond acceptors (Lipinski definition) is 4. The number of hydrogen-bond donors (Lipinski definition) is 3. The van der Waals surface area contributed by atoms with Crippen molar-refractivity contribution in [1.82, 2.24) is 5.32 Å². The molecule has 1 atom stereocenters. The molecule has 26 heavy (non-hydrogen) atoms. The summed E-state index contributed by atoms with van der Waals surface area (Å²) in [4.78, 5) is 23.5. The van der Waals surface area contributed by atoms with E-state index in [1.165, 1.54) is 7.11 Å². The molecule has 0 radical (unpaired) electrons. The minimum Gasteiger partial charge on any atom is -0.453 e. The van der Waals surface area contributed by atoms with Crippen LogP contribution in [0.3, 0.4) is 0 Å². The fraction of sp³-hybridized carbons (Fsp3) is 0.300. The maximum Gasteiger partial charge on any atom is 0.411 e. The molecule has 0 unspecified atom stereocenters. The predicted molar refractivity (Wildman–Crippen MR) is 100 cm³/mol. The van der Waals surface area contributed by atoms with Crippen LogP contribution in [0, 0.1) is 5.41 Å². The van der Waals surface area contributed by atoms with Crippen LogP contribution in [0.1, 0.15) is 22.8 Å². The van der Waals surface area contributed by atoms with Gasteiger partial charge in [-0.2, -0.15) is 0 Å². The summed E-state index contributed by atoms with van der Waals surface area (Å²) in [5, 5.41) is 15.2. The zero-order valence-corrected chi connectivity index (χ0v) is 15.0. The van der Waals surface area contributed by atoms with Crippen LogP contribution in [0.25, 0.3) is 0 Å². The Bertz CT molecular complexity index is 731. The summed E-state index contributed by atoms with van der Waals surface area (Å²) in [6.45, 7) is 2.24. The molecule has 0 aliphatic carbocycles. The highest BCUT2D eigenvalue weighted by Crippen LogP contribution is 2.21. The second-order valence-corrected chi connectivity index (χ2v) is 6.51. The van der Waals surface area contributed by atoms with Crippen LogP contribution in [0.5, 0.6) is 0 Å². The van der Waals surface area contributed by atoms with Crippen LogP contribution in [-0.2, 0) is 11.2 Å². The predicted octanol–water partition coefficient (Wildman–Crippen LogP) is 2.84. The van der Waals surface area contributed by atoms with Gasteiger partial charge in [-0.05, 0) is 36.2 Å². The SMILES string of the molecule is COC(=O)Nc1ccc(C(=O)NC[C@](C)(CO)Cc2ccccc2)cc1. The molecule has 0 aromatic heterocycles. The van der Waals surface area contributed by atoms with Gasteiger partial charge in [0.25, 0.3) is 5.91 Å². The first-order valence-corrected chi connectivity index (χ1v) is 8.34. The fourth-order valence-corrected chi connectivity index (χ4v) is 2.53. The van der Waals surface area contributed by atoms with Crippen LogP contribution < -0.4 is 10.6 Å². The summed E-state index contributed by atoms with van der Waals surface area (Å²) in [7, 11) is 1.28. The van der Waals surface area contributed by atoms with Gasteiger partial charge >= 0.3 is 6.09 Å². The minimum atomic E-state index is -0.568. The van der Waals surface area contributed by atoms with Crippen molar-refractivity contribution < 1.29 is 19.4 Å². The van der Waals surface area contributed by atoms with Crippen molar-refractivity contribution in [3.63, 3.8) is 0 Å². The first-order valence-electron chi connectivity index (χ1n) is 8.34. The Morgan fingerprint density at radius 1 is 1.08 bits per heavy atom. The Kier molecular flexibility index (Phi) is 6.74. The topological polar surface area (TPSA) is 87.7 Å². The quantitative estimate of drug-likeness (QED) is 0.712. The lowest BCUT2D eigenvalue weighted by Crippen LogP contribution is -2.39. The summed E-state index contributed by atoms with van der Waals surface area (Å²) in [5.74, 6) is -0.234. The van der Waals surface area contributed by atoms with E-state index >= 15 is 0 Å². The van der Waals surface area contributed by atoms with E-state index in [4.69, 9.17) is 0 Å². The Labute approximate surface area is 153 Å². The number of anilines is 1. The van der Waals surface area contributed by atoms with E-state index in [2.05, 4.69) is 15.4 Å². The Hall–Kier alpha value is -2.86. The third kappa shape index (κ3) is 5.60. The van der Waals surface area contributed by atoms with Crippen LogP contribution in [-0.4, -0.2) is 37.4 Å². The van der Waals surface area contributed by atoms with Crippen molar-refractivity contribution in [3.8, 4) is 0 Å². The summed E-state index contributed by atoms with van der Waals surface area (Å²) < 4.78 is 4.52. The molecule has 6 heteroatoms. The van der Waals surface area contributed by atoms with Crippen molar-refractivity contribution in [3.05, 3.63) is 65.7 Å². The molecule has 2 amide bonds. The number of amides is 2. The molecular formula is C20H24N2O4. The summed E-state index contributed by atoms with van der Waals surface area (Å²) in [6.07, 6.45) is 0.0916. The van der Waals surface area contributed by atoms with E-state index in [-0.39, 0.29) is 12.5 Å². The molecule has 0 aliphatic heterocycles. The molecule has 2 aromatic carbocycles. The van der Waals surface area contributed by atoms with Gasteiger partial charge in [-0.25, -0.2) is 4.79 Å². The van der Waals surface area contributed by atoms with Gasteiger partial charge in [0.15, 0.2) is 0 Å². The molecule has 0 heterocycles. The molecule has 0 bridgehead atoms. The maximum atomic E-state index is 12.3. The average molecular weight is 356 g/mol. The molecule has 3 N–H and O–H groups in total. The molecule has 2 rings (SSSR count). The van der Waals surface area contributed by atoms with Crippen LogP contribution in [0.2, 0.25) is 0 Å². The second kappa shape index (κ2) is 9.01. The number of rotatable bonds is 7. The zero-order valence-electron chi connectivity index (χ0n) is 15.0. The summed E-state index contributed by atoms with van der Waals surface area (Å²) in [5.41, 5.74) is 1.67. The molecule has 138 valence electrons. The Morgan fingerprint density at radius 3 is 2.31 bits per heavy atom. The average Bonchev–Trinajstić information content (AvgIpc) is 2.67. The fourth-order valence-electron chi connectivity index (χ4n) is 2.53. The van der Waals surface area contributed by atoms with Crippen molar-refractivity contribution in [2.24, 2.45) is 5.41 Å². The molecule has 2 aromatic rings. The minimum absolute atomic E-state index is 0.0375. The molecule has 0 saturated heterocycles. The van der Waals surface area contributed by atoms with Crippen molar-refractivity contribution >= 4 is 17.7 Å². The van der Waals surface area contributed by atoms with Gasteiger partial charge in [-0.3, -0.25) is 10.1 Å². The maximum absolute atomic E-state index is 12.3. The van der Waals surface area contributed by atoms with E-state index in [1.54, 1.807) is 24.3 Å². The monoisotopic (exact) mass is 356 g/mol. The number of carbonyl (C=O) groups excluding carboxylic acids is 2. The highest BCUT2D eigenvalue weighted by Gasteiger charge is 2.25. The first-order chi connectivity index (χ1) is 12.5. The van der Waals surface area contributed by atoms with Gasteiger partial charge in [-0.15, -0.1) is 0 Å². The number of methoxy groups -OCH3 is 1. The number of aliphatic hydroxyl groups excluding tert-OH is 1. The third-order valence-electron chi connectivity index (χ3n) is 4.11. The summed E-state index contributed by atoms with van der Waals surface area (Å²) >= 11 is 0. The van der Waals surface area contributed by atoms with Gasteiger partial charge in [0, 0.05) is 23.2 Å². The molecule has 0 saturated carbocycles. The van der Waals surface area contributed by atoms with Gasteiger partial charge in [-0.1, -0.05) is 37.3 Å². The molecule has 0 aliphatic rings. The molecule has 6 nitrogen and oxygen atoms in total. The van der Waals surface area contributed by atoms with Crippen LogP contribution >= 0.6 is 0 Å². The number of carbonyl (C=O) groups is 2. The lowest BCUT2D eigenvalue weighted by atomic mass is 9.84. The Morgan fingerprint density at radius 2 is 1.73 bits per heavy atom. The van der Waals surface area contributed by atoms with E-state index in [1.807, 2.05) is 37.3 Å². The molecule has 0 spiro atoms. The summed E-state index contributed by atoms with van der Waals surface area (Å²) in [6, 6.07) is 16.3. The van der Waals surface area contributed by atoms with Crippen LogP contribution in [0.4, 0.5) is 10.5 Å². The molecule has 0 fully saturated rings. The van der Waals surface area contributed by atoms with E-state index < -0.39 is 11.5 Å². The lowest BCUT2D eigenvalue weighted by molar-refractivity contribution is 0.0895. The van der Waals surface area contributed by atoms with Gasteiger partial charge in [0.1, 0.15) is 0 Å². The van der Waals surface area contributed by atoms with Crippen molar-refractivity contribution in [2.75, 3.05) is 25.6 Å². The van der Waals surface area contributed by atoms with E-state index in [0.29, 0.717) is 24.2 Å². The van der Waals surface area contributed by atoms with Gasteiger partial charge in [0.2, 0.25) is 0 Å². The zero-order chi connectivity index (χ0) is 19.0. The normalized spacial score (nSPS) is 12.7. The standard InChI is InChI=1S/C20H24N2O4/c1-20(14-23,12-15-6-4-3-5-7-15)13-21-18(24)16-8-10-17(11-9-16)22-19(25)26-2/h3-11,23H,12-14H2,1-2H3,(H,21,24)(H,22,25)/t20-/m1/s1. The van der Waals surface area contributed by atoms with Gasteiger partial charge in [0.05, 0.1) is 13.7 Å². The number of benzene rings is 2. The van der Waals surface area contributed by atoms with E-state index in [0.717, 1.165) is 5.56 Å². The molecular weight excluding hydrogens is 332 g/mol. The van der Waals surface area contributed by atoms with Crippen molar-refractivity contribution in [2.45, 2.75) is 13.3 Å². The van der Waals surface area contributed by atoms with Crippen LogP contribution in [0.15, 0.2) is 54.6 Å². The highest BCUT2D eigenvalue weighted by atomic mass is 16.5. The number of aliphatic hydroxyl groups is 1. The number of ether oxygens (including phenoxy) is 1. The first kappa shape index (κ1) is 19.5. The third-order valence-corrected chi connectivity index (χ3v) is 4.11. The highest BCUT2D eigenvalue weighted by molar-refractivity contribution is 5.95. The van der Waals surface area contributed by atoms with E-state index in [9.17, 15) is 14.7 Å². The largest absolute Gasteiger partial charge is 0.453 e.